The van der Waals surface area contributed by atoms with E-state index in [-0.39, 0.29) is 12.0 Å². The molecular formula is C24H30N6O2S. The molecule has 0 aliphatic carbocycles. The maximum Gasteiger partial charge on any atom is 0.263 e. The normalized spacial score (nSPS) is 14.6. The summed E-state index contributed by atoms with van der Waals surface area (Å²) in [6.45, 7) is 4.76. The largest absolute Gasteiger partial charge is 0.485 e. The summed E-state index contributed by atoms with van der Waals surface area (Å²) in [6.07, 6.45) is 2.42. The van der Waals surface area contributed by atoms with E-state index in [0.717, 1.165) is 30.9 Å². The molecule has 1 amide bonds. The number of aromatic nitrogens is 2. The standard InChI is InChI=1S/C24H30N6O2S/c1-4-26-24-27-16-19-22(28-24)29(3)12-13-30(23(19)31)17-7-5-8-18(15-17)32-20(10-11-25-2)21-9-6-14-33-21/h5-9,14-16,20,25H,4,10-13H2,1-3H3,(H,26,27,28). The quantitative estimate of drug-likeness (QED) is 0.496. The molecule has 33 heavy (non-hydrogen) atoms. The molecule has 0 saturated heterocycles. The van der Waals surface area contributed by atoms with E-state index in [2.05, 4.69) is 32.0 Å². The van der Waals surface area contributed by atoms with Gasteiger partial charge in [0.1, 0.15) is 23.2 Å². The Balaban J connectivity index is 1.59. The molecule has 1 atom stereocenters. The molecule has 0 bridgehead atoms. The van der Waals surface area contributed by atoms with Crippen molar-refractivity contribution in [1.82, 2.24) is 15.3 Å². The van der Waals surface area contributed by atoms with Crippen molar-refractivity contribution in [1.29, 1.82) is 0 Å². The van der Waals surface area contributed by atoms with E-state index in [1.807, 2.05) is 56.3 Å². The zero-order chi connectivity index (χ0) is 23.2. The van der Waals surface area contributed by atoms with E-state index in [4.69, 9.17) is 4.74 Å². The molecule has 0 fully saturated rings. The van der Waals surface area contributed by atoms with Gasteiger partial charge in [-0.2, -0.15) is 4.98 Å². The minimum Gasteiger partial charge on any atom is -0.485 e. The van der Waals surface area contributed by atoms with Crippen LogP contribution in [0.4, 0.5) is 17.5 Å². The third-order valence-electron chi connectivity index (χ3n) is 5.52. The number of carbonyl (C=O) groups is 1. The summed E-state index contributed by atoms with van der Waals surface area (Å²) >= 11 is 1.69. The molecule has 1 aliphatic heterocycles. The van der Waals surface area contributed by atoms with Gasteiger partial charge >= 0.3 is 0 Å². The highest BCUT2D eigenvalue weighted by Crippen LogP contribution is 2.32. The van der Waals surface area contributed by atoms with E-state index in [1.165, 1.54) is 4.88 Å². The first-order valence-electron chi connectivity index (χ1n) is 11.2. The number of thiophene rings is 1. The van der Waals surface area contributed by atoms with Gasteiger partial charge in [-0.1, -0.05) is 12.1 Å². The number of nitrogens with zero attached hydrogens (tertiary/aromatic N) is 4. The zero-order valence-corrected chi connectivity index (χ0v) is 20.1. The molecule has 1 unspecified atom stereocenters. The molecule has 3 heterocycles. The van der Waals surface area contributed by atoms with Gasteiger partial charge in [0.05, 0.1) is 0 Å². The number of carbonyl (C=O) groups excluding carboxylic acids is 1. The maximum absolute atomic E-state index is 13.5. The van der Waals surface area contributed by atoms with Crippen LogP contribution in [0, 0.1) is 0 Å². The topological polar surface area (TPSA) is 82.6 Å². The average Bonchev–Trinajstić information content (AvgIpc) is 3.33. The van der Waals surface area contributed by atoms with Gasteiger partial charge in [-0.3, -0.25) is 4.79 Å². The summed E-state index contributed by atoms with van der Waals surface area (Å²) in [5, 5.41) is 8.38. The number of fused-ring (bicyclic) bond motifs is 1. The van der Waals surface area contributed by atoms with Gasteiger partial charge in [-0.15, -0.1) is 11.3 Å². The van der Waals surface area contributed by atoms with Crippen LogP contribution in [-0.2, 0) is 0 Å². The fourth-order valence-corrected chi connectivity index (χ4v) is 4.59. The number of anilines is 3. The number of benzene rings is 1. The maximum atomic E-state index is 13.5. The third kappa shape index (κ3) is 5.26. The number of amides is 1. The first-order chi connectivity index (χ1) is 16.1. The van der Waals surface area contributed by atoms with Crippen LogP contribution in [0.5, 0.6) is 5.75 Å². The number of ether oxygens (including phenoxy) is 1. The molecule has 2 N–H and O–H groups in total. The molecule has 4 rings (SSSR count). The van der Waals surface area contributed by atoms with Crippen LogP contribution in [0.25, 0.3) is 0 Å². The predicted molar refractivity (Wildman–Crippen MR) is 134 cm³/mol. The second-order valence-corrected chi connectivity index (χ2v) is 8.83. The van der Waals surface area contributed by atoms with Crippen molar-refractivity contribution in [2.75, 3.05) is 55.4 Å². The van der Waals surface area contributed by atoms with Crippen LogP contribution in [0.2, 0.25) is 0 Å². The number of likely N-dealkylation sites (N-methyl/N-ethyl adjacent to an activating group) is 1. The lowest BCUT2D eigenvalue weighted by molar-refractivity contribution is 0.0989. The second kappa shape index (κ2) is 10.6. The predicted octanol–water partition coefficient (Wildman–Crippen LogP) is 3.80. The number of rotatable bonds is 9. The van der Waals surface area contributed by atoms with Gasteiger partial charge in [0.25, 0.3) is 5.91 Å². The molecule has 2 aromatic heterocycles. The molecular weight excluding hydrogens is 436 g/mol. The van der Waals surface area contributed by atoms with Gasteiger partial charge in [0.2, 0.25) is 5.95 Å². The molecule has 9 heteroatoms. The minimum absolute atomic E-state index is 0.0442. The fourth-order valence-electron chi connectivity index (χ4n) is 3.81. The van der Waals surface area contributed by atoms with Gasteiger partial charge in [-0.05, 0) is 44.1 Å². The highest BCUT2D eigenvalue weighted by Gasteiger charge is 2.28. The molecule has 1 aliphatic rings. The second-order valence-electron chi connectivity index (χ2n) is 7.85. The fraction of sp³-hybridized carbons (Fsp3) is 0.375. The lowest BCUT2D eigenvalue weighted by atomic mass is 10.2. The van der Waals surface area contributed by atoms with E-state index in [0.29, 0.717) is 30.4 Å². The first kappa shape index (κ1) is 23.0. The van der Waals surface area contributed by atoms with Crippen LogP contribution in [0.3, 0.4) is 0 Å². The van der Waals surface area contributed by atoms with Crippen molar-refractivity contribution >= 4 is 34.7 Å². The molecule has 8 nitrogen and oxygen atoms in total. The monoisotopic (exact) mass is 466 g/mol. The van der Waals surface area contributed by atoms with Crippen molar-refractivity contribution in [3.8, 4) is 5.75 Å². The van der Waals surface area contributed by atoms with Gasteiger partial charge in [0.15, 0.2) is 0 Å². The van der Waals surface area contributed by atoms with Crippen molar-refractivity contribution < 1.29 is 9.53 Å². The Labute approximate surface area is 198 Å². The van der Waals surface area contributed by atoms with Gasteiger partial charge < -0.3 is 25.2 Å². The Morgan fingerprint density at radius 1 is 1.24 bits per heavy atom. The zero-order valence-electron chi connectivity index (χ0n) is 19.2. The Hall–Kier alpha value is -3.17. The van der Waals surface area contributed by atoms with E-state index < -0.39 is 0 Å². The highest BCUT2D eigenvalue weighted by molar-refractivity contribution is 7.10. The van der Waals surface area contributed by atoms with Gasteiger partial charge in [0, 0.05) is 55.9 Å². The summed E-state index contributed by atoms with van der Waals surface area (Å²) in [4.78, 5) is 27.3. The summed E-state index contributed by atoms with van der Waals surface area (Å²) in [6, 6.07) is 11.9. The average molecular weight is 467 g/mol. The van der Waals surface area contributed by atoms with Crippen LogP contribution in [0.15, 0.2) is 48.0 Å². The smallest absolute Gasteiger partial charge is 0.263 e. The van der Waals surface area contributed by atoms with E-state index >= 15 is 0 Å². The van der Waals surface area contributed by atoms with Gasteiger partial charge in [-0.25, -0.2) is 4.98 Å². The number of nitrogens with one attached hydrogen (secondary N) is 2. The van der Waals surface area contributed by atoms with Crippen LogP contribution >= 0.6 is 11.3 Å². The molecule has 0 spiro atoms. The molecule has 174 valence electrons. The Morgan fingerprint density at radius 3 is 2.88 bits per heavy atom. The summed E-state index contributed by atoms with van der Waals surface area (Å²) < 4.78 is 6.38. The van der Waals surface area contributed by atoms with E-state index in [1.54, 1.807) is 22.4 Å². The first-order valence-corrected chi connectivity index (χ1v) is 12.1. The molecule has 0 radical (unpaired) electrons. The van der Waals surface area contributed by atoms with Crippen molar-refractivity contribution in [3.63, 3.8) is 0 Å². The van der Waals surface area contributed by atoms with Crippen LogP contribution in [-0.4, -0.2) is 56.1 Å². The summed E-state index contributed by atoms with van der Waals surface area (Å²) in [7, 11) is 3.89. The third-order valence-corrected chi connectivity index (χ3v) is 6.49. The summed E-state index contributed by atoms with van der Waals surface area (Å²) in [5.41, 5.74) is 1.29. The van der Waals surface area contributed by atoms with Crippen molar-refractivity contribution in [2.24, 2.45) is 0 Å². The summed E-state index contributed by atoms with van der Waals surface area (Å²) in [5.74, 6) is 1.80. The molecule has 1 aromatic carbocycles. The highest BCUT2D eigenvalue weighted by atomic mass is 32.1. The molecule has 3 aromatic rings. The van der Waals surface area contributed by atoms with E-state index in [9.17, 15) is 4.79 Å². The Bertz CT molecular complexity index is 1070. The van der Waals surface area contributed by atoms with Crippen LogP contribution < -0.4 is 25.2 Å². The lowest BCUT2D eigenvalue weighted by Crippen LogP contribution is -2.33. The number of hydrogen-bond donors (Lipinski definition) is 2. The lowest BCUT2D eigenvalue weighted by Gasteiger charge is -2.23. The number of hydrogen-bond acceptors (Lipinski definition) is 8. The Kier molecular flexibility index (Phi) is 7.41. The minimum atomic E-state index is -0.112. The Morgan fingerprint density at radius 2 is 2.12 bits per heavy atom. The SMILES string of the molecule is CCNc1ncc2c(n1)N(C)CCN(c1cccc(OC(CCNC)c3cccs3)c1)C2=O. The van der Waals surface area contributed by atoms with Crippen molar-refractivity contribution in [2.45, 2.75) is 19.4 Å². The van der Waals surface area contributed by atoms with Crippen molar-refractivity contribution in [3.05, 3.63) is 58.4 Å². The molecule has 0 saturated carbocycles. The van der Waals surface area contributed by atoms with Crippen LogP contribution in [0.1, 0.15) is 34.7 Å².